The van der Waals surface area contributed by atoms with E-state index < -0.39 is 35.5 Å². The zero-order valence-corrected chi connectivity index (χ0v) is 14.8. The van der Waals surface area contributed by atoms with Gasteiger partial charge in [-0.05, 0) is 23.8 Å². The summed E-state index contributed by atoms with van der Waals surface area (Å²) in [6.45, 7) is 0. The standard InChI is InChI=1S/C20H16F3N3O2/c1-25-17(15(10-5-3-2-4-6-10)16(24-25)20(21,22)23)26-18(27)13-11-7-8-12(9-11)14(13)19(26)28/h2-8,11-14H,9H2,1H3/t11-,12-,13+,14+/m0/s1. The van der Waals surface area contributed by atoms with Crippen LogP contribution in [0.5, 0.6) is 0 Å². The van der Waals surface area contributed by atoms with Gasteiger partial charge >= 0.3 is 6.18 Å². The Morgan fingerprint density at radius 1 is 1.00 bits per heavy atom. The molecule has 1 saturated carbocycles. The molecule has 5 nitrogen and oxygen atoms in total. The maximum atomic E-state index is 13.7. The second-order valence-corrected chi connectivity index (χ2v) is 7.55. The molecular formula is C20H16F3N3O2. The van der Waals surface area contributed by atoms with E-state index in [1.54, 1.807) is 18.2 Å². The van der Waals surface area contributed by atoms with Crippen LogP contribution >= 0.6 is 0 Å². The highest BCUT2D eigenvalue weighted by molar-refractivity contribution is 6.23. The number of aryl methyl sites for hydroxylation is 1. The van der Waals surface area contributed by atoms with Gasteiger partial charge < -0.3 is 0 Å². The highest BCUT2D eigenvalue weighted by Crippen LogP contribution is 2.54. The number of hydrogen-bond acceptors (Lipinski definition) is 3. The molecule has 8 heteroatoms. The maximum absolute atomic E-state index is 13.7. The number of rotatable bonds is 2. The molecule has 1 saturated heterocycles. The number of benzene rings is 1. The molecule has 2 fully saturated rings. The highest BCUT2D eigenvalue weighted by atomic mass is 19.4. The lowest BCUT2D eigenvalue weighted by atomic mass is 9.85. The molecule has 2 aliphatic carbocycles. The van der Waals surface area contributed by atoms with Crippen molar-refractivity contribution in [1.29, 1.82) is 0 Å². The number of imide groups is 1. The van der Waals surface area contributed by atoms with Crippen molar-refractivity contribution in [3.05, 3.63) is 48.2 Å². The van der Waals surface area contributed by atoms with E-state index in [-0.39, 0.29) is 28.8 Å². The van der Waals surface area contributed by atoms with E-state index in [2.05, 4.69) is 5.10 Å². The number of carbonyl (C=O) groups excluding carboxylic acids is 2. The first-order valence-corrected chi connectivity index (χ1v) is 9.04. The molecule has 1 aliphatic heterocycles. The first kappa shape index (κ1) is 17.2. The number of amides is 2. The quantitative estimate of drug-likeness (QED) is 0.586. The fraction of sp³-hybridized carbons (Fsp3) is 0.350. The zero-order valence-electron chi connectivity index (χ0n) is 14.8. The smallest absolute Gasteiger partial charge is 0.274 e. The van der Waals surface area contributed by atoms with Crippen molar-refractivity contribution in [2.24, 2.45) is 30.7 Å². The Hall–Kier alpha value is -2.90. The number of fused-ring (bicyclic) bond motifs is 5. The van der Waals surface area contributed by atoms with Crippen LogP contribution in [-0.4, -0.2) is 21.6 Å². The third-order valence-electron chi connectivity index (χ3n) is 6.03. The van der Waals surface area contributed by atoms with E-state index in [1.165, 1.54) is 19.2 Å². The first-order chi connectivity index (χ1) is 13.3. The van der Waals surface area contributed by atoms with Crippen molar-refractivity contribution in [1.82, 2.24) is 9.78 Å². The summed E-state index contributed by atoms with van der Waals surface area (Å²) in [4.78, 5) is 27.2. The van der Waals surface area contributed by atoms with Crippen LogP contribution in [0.3, 0.4) is 0 Å². The van der Waals surface area contributed by atoms with Crippen LogP contribution in [0.15, 0.2) is 42.5 Å². The number of carbonyl (C=O) groups is 2. The molecule has 2 heterocycles. The van der Waals surface area contributed by atoms with Crippen molar-refractivity contribution >= 4 is 17.6 Å². The Labute approximate surface area is 158 Å². The highest BCUT2D eigenvalue weighted by Gasteiger charge is 2.60. The summed E-state index contributed by atoms with van der Waals surface area (Å²) in [6.07, 6.45) is -0.0686. The van der Waals surface area contributed by atoms with Gasteiger partial charge in [0.05, 0.1) is 17.4 Å². The van der Waals surface area contributed by atoms with Crippen LogP contribution < -0.4 is 4.90 Å². The summed E-state index contributed by atoms with van der Waals surface area (Å²) in [5, 5.41) is 3.65. The maximum Gasteiger partial charge on any atom is 0.435 e. The van der Waals surface area contributed by atoms with E-state index in [4.69, 9.17) is 0 Å². The molecule has 1 aromatic heterocycles. The molecule has 0 spiro atoms. The number of nitrogens with zero attached hydrogens (tertiary/aromatic N) is 3. The van der Waals surface area contributed by atoms with E-state index in [0.29, 0.717) is 0 Å². The number of anilines is 1. The van der Waals surface area contributed by atoms with Gasteiger partial charge in [-0.2, -0.15) is 18.3 Å². The first-order valence-electron chi connectivity index (χ1n) is 9.04. The molecule has 2 bridgehead atoms. The third-order valence-corrected chi connectivity index (χ3v) is 6.03. The van der Waals surface area contributed by atoms with Gasteiger partial charge in [0.25, 0.3) is 0 Å². The van der Waals surface area contributed by atoms with E-state index in [9.17, 15) is 22.8 Å². The Morgan fingerprint density at radius 3 is 2.11 bits per heavy atom. The van der Waals surface area contributed by atoms with Gasteiger partial charge in [0.2, 0.25) is 11.8 Å². The summed E-state index contributed by atoms with van der Waals surface area (Å²) in [5.41, 5.74) is -1.08. The fourth-order valence-electron chi connectivity index (χ4n) is 4.95. The fourth-order valence-corrected chi connectivity index (χ4v) is 4.95. The average Bonchev–Trinajstić information content (AvgIpc) is 3.39. The number of halogens is 3. The van der Waals surface area contributed by atoms with Crippen LogP contribution in [0.4, 0.5) is 19.0 Å². The molecule has 0 unspecified atom stereocenters. The zero-order chi connectivity index (χ0) is 19.8. The van der Waals surface area contributed by atoms with Crippen molar-refractivity contribution in [3.8, 4) is 11.1 Å². The molecule has 5 rings (SSSR count). The second-order valence-electron chi connectivity index (χ2n) is 7.55. The second kappa shape index (κ2) is 5.56. The third kappa shape index (κ3) is 2.17. The number of hydrogen-bond donors (Lipinski definition) is 0. The Bertz CT molecular complexity index is 995. The summed E-state index contributed by atoms with van der Waals surface area (Å²) in [6, 6.07) is 7.95. The minimum Gasteiger partial charge on any atom is -0.274 e. The van der Waals surface area contributed by atoms with Crippen molar-refractivity contribution in [2.75, 3.05) is 4.90 Å². The van der Waals surface area contributed by atoms with E-state index >= 15 is 0 Å². The molecule has 144 valence electrons. The molecule has 2 amide bonds. The summed E-state index contributed by atoms with van der Waals surface area (Å²) in [7, 11) is 1.33. The van der Waals surface area contributed by atoms with Crippen LogP contribution in [0.25, 0.3) is 11.1 Å². The van der Waals surface area contributed by atoms with E-state index in [0.717, 1.165) is 16.0 Å². The number of aromatic nitrogens is 2. The van der Waals surface area contributed by atoms with Crippen molar-refractivity contribution in [3.63, 3.8) is 0 Å². The van der Waals surface area contributed by atoms with Gasteiger partial charge in [-0.3, -0.25) is 14.3 Å². The molecule has 28 heavy (non-hydrogen) atoms. The predicted octanol–water partition coefficient (Wildman–Crippen LogP) is 3.42. The van der Waals surface area contributed by atoms with Gasteiger partial charge in [-0.25, -0.2) is 4.90 Å². The lowest BCUT2D eigenvalue weighted by Crippen LogP contribution is -2.34. The summed E-state index contributed by atoms with van der Waals surface area (Å²) < 4.78 is 42.1. The van der Waals surface area contributed by atoms with Gasteiger partial charge in [0, 0.05) is 7.05 Å². The van der Waals surface area contributed by atoms with E-state index in [1.807, 2.05) is 12.2 Å². The predicted molar refractivity (Wildman–Crippen MR) is 93.9 cm³/mol. The number of alkyl halides is 3. The lowest BCUT2D eigenvalue weighted by Gasteiger charge is -2.19. The molecule has 0 N–H and O–H groups in total. The Balaban J connectivity index is 1.70. The van der Waals surface area contributed by atoms with Gasteiger partial charge in [0.1, 0.15) is 5.82 Å². The molecule has 3 aliphatic rings. The molecule has 4 atom stereocenters. The minimum atomic E-state index is -4.72. The Kier molecular flexibility index (Phi) is 3.42. The summed E-state index contributed by atoms with van der Waals surface area (Å²) in [5.74, 6) is -1.99. The number of allylic oxidation sites excluding steroid dienone is 2. The SMILES string of the molecule is Cn1nc(C(F)(F)F)c(-c2ccccc2)c1N1C(=O)[C@H]2[C@H](C1=O)[C@H]1C=C[C@H]2C1. The monoisotopic (exact) mass is 387 g/mol. The molecule has 2 aromatic rings. The largest absolute Gasteiger partial charge is 0.435 e. The van der Waals surface area contributed by atoms with Gasteiger partial charge in [0.15, 0.2) is 5.69 Å². The van der Waals surface area contributed by atoms with Crippen LogP contribution in [0.1, 0.15) is 12.1 Å². The Morgan fingerprint density at radius 2 is 1.57 bits per heavy atom. The minimum absolute atomic E-state index is 0.0214. The topological polar surface area (TPSA) is 55.2 Å². The molecule has 0 radical (unpaired) electrons. The van der Waals surface area contributed by atoms with Crippen LogP contribution in [0, 0.1) is 23.7 Å². The normalized spacial score (nSPS) is 28.5. The lowest BCUT2D eigenvalue weighted by molar-refractivity contribution is -0.141. The average molecular weight is 387 g/mol. The van der Waals surface area contributed by atoms with Crippen LogP contribution in [0.2, 0.25) is 0 Å². The molecular weight excluding hydrogens is 371 g/mol. The summed E-state index contributed by atoms with van der Waals surface area (Å²) >= 11 is 0. The molecule has 1 aromatic carbocycles. The van der Waals surface area contributed by atoms with Crippen molar-refractivity contribution in [2.45, 2.75) is 12.6 Å². The van der Waals surface area contributed by atoms with Gasteiger partial charge in [-0.1, -0.05) is 42.5 Å². The van der Waals surface area contributed by atoms with Crippen molar-refractivity contribution < 1.29 is 22.8 Å². The van der Waals surface area contributed by atoms with Gasteiger partial charge in [-0.15, -0.1) is 0 Å². The van der Waals surface area contributed by atoms with Crippen LogP contribution in [-0.2, 0) is 22.8 Å².